The Morgan fingerprint density at radius 3 is 2.48 bits per heavy atom. The van der Waals surface area contributed by atoms with Crippen LogP contribution >= 0.6 is 0 Å². The molecule has 1 rings (SSSR count). The first-order chi connectivity index (χ1) is 9.57. The lowest BCUT2D eigenvalue weighted by Gasteiger charge is -2.11. The zero-order valence-electron chi connectivity index (χ0n) is 10.8. The van der Waals surface area contributed by atoms with E-state index >= 15 is 0 Å². The van der Waals surface area contributed by atoms with Gasteiger partial charge >= 0.3 is 12.1 Å². The zero-order valence-corrected chi connectivity index (χ0v) is 11.6. The van der Waals surface area contributed by atoms with E-state index in [2.05, 4.69) is 0 Å². The van der Waals surface area contributed by atoms with Crippen molar-refractivity contribution in [2.24, 2.45) is 0 Å². The molecular weight excluding hydrogens is 315 g/mol. The quantitative estimate of drug-likeness (QED) is 0.828. The number of alkyl halides is 3. The van der Waals surface area contributed by atoms with Gasteiger partial charge in [0.05, 0.1) is 11.5 Å². The van der Waals surface area contributed by atoms with E-state index in [4.69, 9.17) is 9.84 Å². The number of carbonyl (C=O) groups is 1. The summed E-state index contributed by atoms with van der Waals surface area (Å²) in [5.41, 5.74) is -0.452. The molecule has 0 atom stereocenters. The Bertz CT molecular complexity index is 627. The van der Waals surface area contributed by atoms with E-state index in [9.17, 15) is 26.4 Å². The minimum absolute atomic E-state index is 0.0697. The number of nitrogens with one attached hydrogen (secondary N) is 1. The van der Waals surface area contributed by atoms with Crippen molar-refractivity contribution in [3.05, 3.63) is 23.8 Å². The van der Waals surface area contributed by atoms with Gasteiger partial charge in [0.2, 0.25) is 10.0 Å². The van der Waals surface area contributed by atoms with Gasteiger partial charge in [-0.1, -0.05) is 0 Å². The second kappa shape index (κ2) is 6.31. The summed E-state index contributed by atoms with van der Waals surface area (Å²) in [5, 5.41) is 8.97. The van der Waals surface area contributed by atoms with Crippen molar-refractivity contribution in [1.82, 2.24) is 4.72 Å². The third-order valence-electron chi connectivity index (χ3n) is 2.25. The smallest absolute Gasteiger partial charge is 0.402 e. The SMILES string of the molecule is CCOc1ccc(S(=O)(=O)NCC(F)(F)F)cc1C(=O)O. The van der Waals surface area contributed by atoms with Crippen molar-refractivity contribution >= 4 is 16.0 Å². The molecule has 2 N–H and O–H groups in total. The topological polar surface area (TPSA) is 92.7 Å². The van der Waals surface area contributed by atoms with Crippen molar-refractivity contribution in [1.29, 1.82) is 0 Å². The molecule has 0 aliphatic rings. The predicted octanol–water partition coefficient (Wildman–Crippen LogP) is 1.62. The Hall–Kier alpha value is -1.81. The van der Waals surface area contributed by atoms with Crippen LogP contribution in [0.4, 0.5) is 13.2 Å². The molecule has 118 valence electrons. The van der Waals surface area contributed by atoms with Gasteiger partial charge in [-0.3, -0.25) is 0 Å². The summed E-state index contributed by atoms with van der Waals surface area (Å²) in [7, 11) is -4.47. The lowest BCUT2D eigenvalue weighted by atomic mass is 10.2. The van der Waals surface area contributed by atoms with Crippen molar-refractivity contribution in [3.8, 4) is 5.75 Å². The van der Waals surface area contributed by atoms with Crippen LogP contribution in [0, 0.1) is 0 Å². The summed E-state index contributed by atoms with van der Waals surface area (Å²) >= 11 is 0. The molecule has 0 aliphatic heterocycles. The third-order valence-corrected chi connectivity index (χ3v) is 3.65. The van der Waals surface area contributed by atoms with Gasteiger partial charge in [0, 0.05) is 0 Å². The Labute approximate surface area is 118 Å². The molecule has 0 aliphatic carbocycles. The van der Waals surface area contributed by atoms with E-state index < -0.39 is 39.2 Å². The largest absolute Gasteiger partial charge is 0.493 e. The second-order valence-corrected chi connectivity index (χ2v) is 5.60. The molecule has 0 aromatic heterocycles. The maximum atomic E-state index is 12.0. The maximum absolute atomic E-state index is 12.0. The first-order valence-corrected chi connectivity index (χ1v) is 7.11. The van der Waals surface area contributed by atoms with E-state index in [1.54, 1.807) is 6.92 Å². The zero-order chi connectivity index (χ0) is 16.3. The number of hydrogen-bond donors (Lipinski definition) is 2. The molecule has 0 fully saturated rings. The van der Waals surface area contributed by atoms with Gasteiger partial charge < -0.3 is 9.84 Å². The number of carboxylic acids is 1. The fraction of sp³-hybridized carbons (Fsp3) is 0.364. The number of hydrogen-bond acceptors (Lipinski definition) is 4. The van der Waals surface area contributed by atoms with E-state index in [-0.39, 0.29) is 12.4 Å². The molecule has 0 saturated carbocycles. The molecule has 0 spiro atoms. The van der Waals surface area contributed by atoms with Gasteiger partial charge in [0.1, 0.15) is 17.9 Å². The Balaban J connectivity index is 3.13. The molecule has 10 heteroatoms. The lowest BCUT2D eigenvalue weighted by molar-refractivity contribution is -0.121. The van der Waals surface area contributed by atoms with Crippen molar-refractivity contribution in [2.45, 2.75) is 18.0 Å². The second-order valence-electron chi connectivity index (χ2n) is 3.84. The average molecular weight is 327 g/mol. The van der Waals surface area contributed by atoms with Crippen molar-refractivity contribution in [3.63, 3.8) is 0 Å². The van der Waals surface area contributed by atoms with E-state index in [1.807, 2.05) is 0 Å². The van der Waals surface area contributed by atoms with Gasteiger partial charge in [-0.05, 0) is 25.1 Å². The monoisotopic (exact) mass is 327 g/mol. The summed E-state index contributed by atoms with van der Waals surface area (Å²) < 4.78 is 65.8. The van der Waals surface area contributed by atoms with Crippen LogP contribution in [-0.2, 0) is 10.0 Å². The molecule has 0 radical (unpaired) electrons. The van der Waals surface area contributed by atoms with Crippen LogP contribution in [0.5, 0.6) is 5.75 Å². The highest BCUT2D eigenvalue weighted by Gasteiger charge is 2.30. The first-order valence-electron chi connectivity index (χ1n) is 5.63. The number of ether oxygens (including phenoxy) is 1. The fourth-order valence-electron chi connectivity index (χ4n) is 1.38. The Morgan fingerprint density at radius 1 is 1.38 bits per heavy atom. The van der Waals surface area contributed by atoms with Crippen LogP contribution in [0.3, 0.4) is 0 Å². The molecule has 1 aromatic rings. The minimum Gasteiger partial charge on any atom is -0.493 e. The molecular formula is C11H12F3NO5S. The highest BCUT2D eigenvalue weighted by atomic mass is 32.2. The van der Waals surface area contributed by atoms with Crippen molar-refractivity contribution < 1.29 is 36.2 Å². The van der Waals surface area contributed by atoms with Gasteiger partial charge in [0.25, 0.3) is 0 Å². The number of carboxylic acid groups (broad SMARTS) is 1. The summed E-state index contributed by atoms with van der Waals surface area (Å²) in [6, 6.07) is 2.79. The molecule has 0 saturated heterocycles. The standard InChI is InChI=1S/C11H12F3NO5S/c1-2-20-9-4-3-7(5-8(9)10(16)17)21(18,19)15-6-11(12,13)14/h3-5,15H,2,6H2,1H3,(H,16,17). The number of sulfonamides is 1. The van der Waals surface area contributed by atoms with Crippen LogP contribution in [0.25, 0.3) is 0 Å². The molecule has 0 amide bonds. The molecule has 0 heterocycles. The van der Waals surface area contributed by atoms with Crippen LogP contribution in [0.15, 0.2) is 23.1 Å². The lowest BCUT2D eigenvalue weighted by Crippen LogP contribution is -2.33. The van der Waals surface area contributed by atoms with Gasteiger partial charge in [-0.2, -0.15) is 13.2 Å². The third kappa shape index (κ3) is 4.90. The average Bonchev–Trinajstić information content (AvgIpc) is 2.36. The Morgan fingerprint density at radius 2 is 2.00 bits per heavy atom. The van der Waals surface area contributed by atoms with Crippen LogP contribution in [-0.4, -0.2) is 38.8 Å². The van der Waals surface area contributed by atoms with Crippen LogP contribution in [0.1, 0.15) is 17.3 Å². The number of halogens is 3. The van der Waals surface area contributed by atoms with Crippen molar-refractivity contribution in [2.75, 3.05) is 13.2 Å². The van der Waals surface area contributed by atoms with E-state index in [1.165, 1.54) is 4.72 Å². The molecule has 6 nitrogen and oxygen atoms in total. The Kier molecular flexibility index (Phi) is 5.18. The molecule has 0 bridgehead atoms. The summed E-state index contributed by atoms with van der Waals surface area (Å²) in [5.74, 6) is -1.52. The van der Waals surface area contributed by atoms with Gasteiger partial charge in [-0.25, -0.2) is 17.9 Å². The van der Waals surface area contributed by atoms with E-state index in [0.29, 0.717) is 0 Å². The fourth-order valence-corrected chi connectivity index (χ4v) is 2.43. The van der Waals surface area contributed by atoms with E-state index in [0.717, 1.165) is 18.2 Å². The molecule has 1 aromatic carbocycles. The highest BCUT2D eigenvalue weighted by molar-refractivity contribution is 7.89. The highest BCUT2D eigenvalue weighted by Crippen LogP contribution is 2.23. The summed E-state index contributed by atoms with van der Waals surface area (Å²) in [4.78, 5) is 10.4. The summed E-state index contributed by atoms with van der Waals surface area (Å²) in [6.45, 7) is 0.00478. The summed E-state index contributed by atoms with van der Waals surface area (Å²) in [6.07, 6.45) is -4.71. The minimum atomic E-state index is -4.71. The number of aromatic carboxylic acids is 1. The van der Waals surface area contributed by atoms with Gasteiger partial charge in [-0.15, -0.1) is 0 Å². The van der Waals surface area contributed by atoms with Crippen LogP contribution in [0.2, 0.25) is 0 Å². The van der Waals surface area contributed by atoms with Gasteiger partial charge in [0.15, 0.2) is 0 Å². The molecule has 0 unspecified atom stereocenters. The normalized spacial score (nSPS) is 12.2. The van der Waals surface area contributed by atoms with Crippen LogP contribution < -0.4 is 9.46 Å². The maximum Gasteiger partial charge on any atom is 0.402 e. The number of rotatable bonds is 6. The number of benzene rings is 1. The predicted molar refractivity (Wildman–Crippen MR) is 65.8 cm³/mol. The first kappa shape index (κ1) is 17.2. The molecule has 21 heavy (non-hydrogen) atoms.